The SMILES string of the molecule is Cc1cccc(C(=O)[NH][Hf+2]([C]2=CC=CC2)[SiH](C)C)c1.[Cl-].[Cl-]. The van der Waals surface area contributed by atoms with Crippen LogP contribution in [0.25, 0.3) is 0 Å². The van der Waals surface area contributed by atoms with Crippen LogP contribution in [-0.2, 0) is 20.9 Å². The van der Waals surface area contributed by atoms with Crippen LogP contribution in [0.3, 0.4) is 0 Å². The van der Waals surface area contributed by atoms with Gasteiger partial charge < -0.3 is 24.8 Å². The summed E-state index contributed by atoms with van der Waals surface area (Å²) in [5.41, 5.74) is 1.95. The summed E-state index contributed by atoms with van der Waals surface area (Å²) in [7, 11) is 0. The standard InChI is InChI=1S/C8H9NO.C5H5.C2H7Si.2ClH.Hf/c1-6-3-2-4-7(5-6)8(9)10;1-2-4-5-3-1;1-3-2;;;/h2-5H,1H3,(H2,9,10);1-3H,4H2;3H,1-2H3;2*1H;/q;;;;;+3/p-3. The first-order chi connectivity index (χ1) is 9.08. The zero-order valence-electron chi connectivity index (χ0n) is 12.5. The molecule has 0 saturated carbocycles. The predicted molar refractivity (Wildman–Crippen MR) is 79.4 cm³/mol. The van der Waals surface area contributed by atoms with Crippen LogP contribution < -0.4 is 28.1 Å². The normalized spacial score (nSPS) is 12.3. The summed E-state index contributed by atoms with van der Waals surface area (Å²) in [6, 6.07) is 7.87. The first kappa shape index (κ1) is 20.8. The number of allylic oxidation sites excluding steroid dienone is 4. The Bertz CT molecular complexity index is 546. The van der Waals surface area contributed by atoms with E-state index in [0.29, 0.717) is 0 Å². The van der Waals surface area contributed by atoms with Crippen LogP contribution in [0, 0.1) is 6.92 Å². The molecule has 0 spiro atoms. The fourth-order valence-electron chi connectivity index (χ4n) is 2.22. The molecule has 0 radical (unpaired) electrons. The van der Waals surface area contributed by atoms with E-state index < -0.39 is 26.9 Å². The monoisotopic (exact) mass is 508 g/mol. The van der Waals surface area contributed by atoms with Gasteiger partial charge in [-0.15, -0.1) is 0 Å². The Hall–Kier alpha value is -0.163. The molecule has 0 bridgehead atoms. The average Bonchev–Trinajstić information content (AvgIpc) is 2.88. The summed E-state index contributed by atoms with van der Waals surface area (Å²) >= 11 is -2.07. The van der Waals surface area contributed by atoms with Crippen molar-refractivity contribution in [3.63, 3.8) is 0 Å². The van der Waals surface area contributed by atoms with Crippen LogP contribution in [0.4, 0.5) is 0 Å². The molecular formula is C15H20Cl2HfNOSi. The average molecular weight is 508 g/mol. The molecule has 0 atom stereocenters. The van der Waals surface area contributed by atoms with Crippen molar-refractivity contribution in [1.82, 2.24) is 3.30 Å². The number of carbonyl (C=O) groups excluding carboxylic acids is 1. The molecule has 6 heteroatoms. The number of hydrogen-bond donors (Lipinski definition) is 1. The largest absolute Gasteiger partial charge is 1.00 e. The van der Waals surface area contributed by atoms with Gasteiger partial charge in [0.05, 0.1) is 0 Å². The topological polar surface area (TPSA) is 29.1 Å². The molecule has 1 aliphatic rings. The maximum absolute atomic E-state index is 12.4. The number of amides is 1. The number of carbonyl (C=O) groups is 1. The van der Waals surface area contributed by atoms with E-state index in [-0.39, 0.29) is 30.7 Å². The van der Waals surface area contributed by atoms with Gasteiger partial charge in [0.1, 0.15) is 0 Å². The maximum atomic E-state index is 12.4. The second-order valence-corrected chi connectivity index (χ2v) is 30.9. The molecular weight excluding hydrogens is 488 g/mol. The Morgan fingerprint density at radius 1 is 1.29 bits per heavy atom. The van der Waals surface area contributed by atoms with E-state index in [0.717, 1.165) is 17.5 Å². The van der Waals surface area contributed by atoms with Gasteiger partial charge in [-0.3, -0.25) is 0 Å². The third-order valence-corrected chi connectivity index (χ3v) is 26.6. The molecule has 1 aromatic carbocycles. The van der Waals surface area contributed by atoms with Gasteiger partial charge in [-0.2, -0.15) is 0 Å². The zero-order chi connectivity index (χ0) is 13.8. The molecule has 0 unspecified atom stereocenters. The third kappa shape index (κ3) is 5.85. The molecule has 1 aromatic rings. The molecule has 21 heavy (non-hydrogen) atoms. The fourth-order valence-corrected chi connectivity index (χ4v) is 21.4. The summed E-state index contributed by atoms with van der Waals surface area (Å²) in [6.45, 7) is 6.77. The second-order valence-electron chi connectivity index (χ2n) is 5.22. The van der Waals surface area contributed by atoms with Crippen LogP contribution >= 0.6 is 0 Å². The van der Waals surface area contributed by atoms with Crippen molar-refractivity contribution in [3.8, 4) is 0 Å². The van der Waals surface area contributed by atoms with Gasteiger partial charge in [0.15, 0.2) is 0 Å². The van der Waals surface area contributed by atoms with Gasteiger partial charge >= 0.3 is 124 Å². The number of rotatable bonds is 4. The Morgan fingerprint density at radius 2 is 2.00 bits per heavy atom. The van der Waals surface area contributed by atoms with E-state index in [2.05, 4.69) is 34.6 Å². The van der Waals surface area contributed by atoms with Gasteiger partial charge in [-0.25, -0.2) is 0 Å². The molecule has 0 saturated heterocycles. The zero-order valence-corrected chi connectivity index (χ0v) is 18.7. The van der Waals surface area contributed by atoms with Gasteiger partial charge in [-0.05, 0) is 0 Å². The van der Waals surface area contributed by atoms with Crippen molar-refractivity contribution in [2.75, 3.05) is 0 Å². The summed E-state index contributed by atoms with van der Waals surface area (Å²) in [5.74, 6) is -0.619. The Labute approximate surface area is 148 Å². The van der Waals surface area contributed by atoms with Gasteiger partial charge in [0.2, 0.25) is 0 Å². The summed E-state index contributed by atoms with van der Waals surface area (Å²) in [4.78, 5) is 12.4. The van der Waals surface area contributed by atoms with E-state index in [9.17, 15) is 4.79 Å². The van der Waals surface area contributed by atoms with Crippen LogP contribution in [0.5, 0.6) is 0 Å². The van der Waals surface area contributed by atoms with E-state index in [1.807, 2.05) is 31.2 Å². The molecule has 2 rings (SSSR count). The molecule has 0 aliphatic heterocycles. The van der Waals surface area contributed by atoms with Gasteiger partial charge in [0, 0.05) is 0 Å². The first-order valence-electron chi connectivity index (χ1n) is 6.69. The molecule has 0 fully saturated rings. The molecule has 2 nitrogen and oxygen atoms in total. The first-order valence-corrected chi connectivity index (χ1v) is 19.4. The molecule has 0 heterocycles. The molecule has 1 aliphatic carbocycles. The molecule has 1 N–H and O–H groups in total. The number of nitrogens with one attached hydrogen (secondary N) is 1. The summed E-state index contributed by atoms with van der Waals surface area (Å²) in [6.07, 6.45) is 7.65. The van der Waals surface area contributed by atoms with Crippen molar-refractivity contribution in [1.29, 1.82) is 0 Å². The van der Waals surface area contributed by atoms with E-state index in [1.165, 1.54) is 0 Å². The number of halogens is 2. The minimum absolute atomic E-state index is 0. The maximum Gasteiger partial charge on any atom is -1.00 e. The minimum atomic E-state index is -2.07. The van der Waals surface area contributed by atoms with Crippen LogP contribution in [-0.4, -0.2) is 11.9 Å². The smallest absolute Gasteiger partial charge is 1.00 e. The van der Waals surface area contributed by atoms with Gasteiger partial charge in [-0.1, -0.05) is 0 Å². The Morgan fingerprint density at radius 3 is 2.52 bits per heavy atom. The number of hydrogen-bond acceptors (Lipinski definition) is 1. The molecule has 113 valence electrons. The quantitative estimate of drug-likeness (QED) is 0.435. The van der Waals surface area contributed by atoms with Crippen LogP contribution in [0.1, 0.15) is 22.3 Å². The molecule has 0 aromatic heterocycles. The number of benzene rings is 1. The van der Waals surface area contributed by atoms with Crippen molar-refractivity contribution < 1.29 is 50.5 Å². The van der Waals surface area contributed by atoms with Crippen LogP contribution in [0.15, 0.2) is 45.8 Å². The van der Waals surface area contributed by atoms with Gasteiger partial charge in [0.25, 0.3) is 0 Å². The van der Waals surface area contributed by atoms with Crippen molar-refractivity contribution in [3.05, 3.63) is 57.0 Å². The van der Waals surface area contributed by atoms with E-state index >= 15 is 0 Å². The Kier molecular flexibility index (Phi) is 9.70. The summed E-state index contributed by atoms with van der Waals surface area (Å²) in [5, 5.41) is 0. The van der Waals surface area contributed by atoms with Crippen LogP contribution in [0.2, 0.25) is 13.1 Å². The number of aryl methyl sites for hydroxylation is 1. The van der Waals surface area contributed by atoms with Crippen molar-refractivity contribution in [2.24, 2.45) is 0 Å². The van der Waals surface area contributed by atoms with Crippen molar-refractivity contribution >= 4 is 11.9 Å². The van der Waals surface area contributed by atoms with E-state index in [1.54, 1.807) is 3.33 Å². The summed E-state index contributed by atoms with van der Waals surface area (Å²) < 4.78 is 4.99. The van der Waals surface area contributed by atoms with E-state index in [4.69, 9.17) is 0 Å². The minimum Gasteiger partial charge on any atom is -1.00 e. The second kappa shape index (κ2) is 9.77. The predicted octanol–water partition coefficient (Wildman–Crippen LogP) is -2.91. The van der Waals surface area contributed by atoms with Crippen molar-refractivity contribution in [2.45, 2.75) is 26.4 Å². The molecule has 1 amide bonds. The third-order valence-electron chi connectivity index (χ3n) is 3.22. The Balaban J connectivity index is 0.00000200. The fraction of sp³-hybridized carbons (Fsp3) is 0.267.